The van der Waals surface area contributed by atoms with Gasteiger partial charge in [0.2, 0.25) is 0 Å². The Morgan fingerprint density at radius 3 is 1.68 bits per heavy atom. The van der Waals surface area contributed by atoms with Crippen molar-refractivity contribution in [3.05, 3.63) is 54.6 Å². The number of unbranched alkanes of at least 4 members (excludes halogenated alkanes) is 15. The molecule has 0 radical (unpaired) electrons. The van der Waals surface area contributed by atoms with E-state index in [2.05, 4.69) is 12.2 Å². The monoisotopic (exact) mass is 608 g/mol. The maximum Gasteiger partial charge on any atom is 0.415 e. The Balaban J connectivity index is 1.12. The average molecular weight is 609 g/mol. The molecular formula is C37H56N2O5. The Hall–Kier alpha value is -3.22. The number of rotatable bonds is 21. The Bertz CT molecular complexity index is 1020. The van der Waals surface area contributed by atoms with Crippen LogP contribution >= 0.6 is 0 Å². The van der Waals surface area contributed by atoms with E-state index in [0.29, 0.717) is 44.0 Å². The number of nitrogens with one attached hydrogen (secondary N) is 1. The van der Waals surface area contributed by atoms with E-state index in [1.54, 1.807) is 29.2 Å². The lowest BCUT2D eigenvalue weighted by Crippen LogP contribution is -2.43. The van der Waals surface area contributed by atoms with Crippen LogP contribution in [-0.4, -0.2) is 42.8 Å². The summed E-state index contributed by atoms with van der Waals surface area (Å²) in [4.78, 5) is 26.5. The van der Waals surface area contributed by atoms with Crippen LogP contribution < -0.4 is 14.8 Å². The summed E-state index contributed by atoms with van der Waals surface area (Å²) in [5.74, 6) is 1.88. The molecule has 0 atom stereocenters. The topological polar surface area (TPSA) is 77.1 Å². The summed E-state index contributed by atoms with van der Waals surface area (Å²) in [7, 11) is 0. The second kappa shape index (κ2) is 22.3. The van der Waals surface area contributed by atoms with E-state index in [1.165, 1.54) is 89.9 Å². The third-order valence-corrected chi connectivity index (χ3v) is 8.28. The number of carbonyl (C=O) groups excluding carboxylic acids is 2. The second-order valence-electron chi connectivity index (χ2n) is 12.1. The number of amides is 2. The molecule has 244 valence electrons. The summed E-state index contributed by atoms with van der Waals surface area (Å²) < 4.78 is 16.9. The van der Waals surface area contributed by atoms with E-state index in [1.807, 2.05) is 30.3 Å². The molecule has 7 nitrogen and oxygen atoms in total. The zero-order valence-electron chi connectivity index (χ0n) is 27.1. The number of hydrogen-bond acceptors (Lipinski definition) is 5. The van der Waals surface area contributed by atoms with Crippen LogP contribution in [-0.2, 0) is 4.74 Å². The summed E-state index contributed by atoms with van der Waals surface area (Å²) in [5.41, 5.74) is 0. The van der Waals surface area contributed by atoms with Crippen molar-refractivity contribution in [2.75, 3.05) is 19.6 Å². The van der Waals surface area contributed by atoms with E-state index >= 15 is 0 Å². The van der Waals surface area contributed by atoms with Gasteiger partial charge in [0.25, 0.3) is 0 Å². The first-order valence-electron chi connectivity index (χ1n) is 17.4. The first kappa shape index (κ1) is 35.3. The van der Waals surface area contributed by atoms with Gasteiger partial charge in [0.15, 0.2) is 0 Å². The molecule has 1 aliphatic heterocycles. The van der Waals surface area contributed by atoms with Gasteiger partial charge in [0.1, 0.15) is 23.4 Å². The fraction of sp³-hybridized carbons (Fsp3) is 0.622. The van der Waals surface area contributed by atoms with Crippen LogP contribution in [0.4, 0.5) is 9.59 Å². The van der Waals surface area contributed by atoms with Gasteiger partial charge in [-0.3, -0.25) is 0 Å². The molecule has 0 bridgehead atoms. The number of alkyl carbamates (subject to hydrolysis) is 1. The molecule has 1 fully saturated rings. The molecule has 1 heterocycles. The number of benzene rings is 2. The Morgan fingerprint density at radius 1 is 0.659 bits per heavy atom. The summed E-state index contributed by atoms with van der Waals surface area (Å²) in [5, 5.41) is 2.89. The number of ether oxygens (including phenoxy) is 3. The van der Waals surface area contributed by atoms with Gasteiger partial charge < -0.3 is 24.4 Å². The van der Waals surface area contributed by atoms with E-state index in [9.17, 15) is 9.59 Å². The molecule has 2 aromatic rings. The lowest BCUT2D eigenvalue weighted by molar-refractivity contribution is 0.0525. The lowest BCUT2D eigenvalue weighted by Gasteiger charge is -2.30. The van der Waals surface area contributed by atoms with Crippen LogP contribution in [0, 0.1) is 0 Å². The van der Waals surface area contributed by atoms with Gasteiger partial charge in [-0.25, -0.2) is 9.59 Å². The largest absolute Gasteiger partial charge is 0.457 e. The molecule has 0 saturated carbocycles. The number of piperidine rings is 1. The van der Waals surface area contributed by atoms with Crippen LogP contribution in [0.15, 0.2) is 54.6 Å². The molecule has 1 aliphatic rings. The van der Waals surface area contributed by atoms with Crippen molar-refractivity contribution >= 4 is 12.2 Å². The van der Waals surface area contributed by atoms with Crippen LogP contribution in [0.5, 0.6) is 17.2 Å². The average Bonchev–Trinajstić information content (AvgIpc) is 3.04. The Morgan fingerprint density at radius 2 is 1.14 bits per heavy atom. The normalized spacial score (nSPS) is 13.4. The standard InChI is InChI=1S/C37H56N2O5/c1-2-3-4-5-6-7-8-9-10-11-12-13-14-15-16-20-29-38-36(40)43-35-27-30-39(31-28-35)37(41)44-34-25-23-33(24-26-34)42-32-21-18-17-19-22-32/h17-19,21-26,35H,2-16,20,27-31H2,1H3,(H,38,40). The molecule has 0 unspecified atom stereocenters. The predicted molar refractivity (Wildman–Crippen MR) is 178 cm³/mol. The van der Waals surface area contributed by atoms with Gasteiger partial charge in [-0.05, 0) is 42.8 Å². The number of para-hydroxylation sites is 1. The SMILES string of the molecule is CCCCCCCCCCCCCCCCCCNC(=O)OC1CCN(C(=O)Oc2ccc(Oc3ccccc3)cc2)CC1. The number of nitrogens with zero attached hydrogens (tertiary/aromatic N) is 1. The van der Waals surface area contributed by atoms with Gasteiger partial charge in [0.05, 0.1) is 0 Å². The van der Waals surface area contributed by atoms with Crippen molar-refractivity contribution in [2.45, 2.75) is 129 Å². The maximum atomic E-state index is 12.6. The highest BCUT2D eigenvalue weighted by atomic mass is 16.6. The molecule has 2 amide bonds. The second-order valence-corrected chi connectivity index (χ2v) is 12.1. The molecular weight excluding hydrogens is 552 g/mol. The lowest BCUT2D eigenvalue weighted by atomic mass is 10.0. The van der Waals surface area contributed by atoms with E-state index < -0.39 is 6.09 Å². The third-order valence-electron chi connectivity index (χ3n) is 8.28. The van der Waals surface area contributed by atoms with Crippen molar-refractivity contribution < 1.29 is 23.8 Å². The van der Waals surface area contributed by atoms with Crippen molar-refractivity contribution in [1.29, 1.82) is 0 Å². The first-order chi connectivity index (χ1) is 21.6. The molecule has 7 heteroatoms. The van der Waals surface area contributed by atoms with Crippen molar-refractivity contribution in [3.63, 3.8) is 0 Å². The van der Waals surface area contributed by atoms with E-state index in [0.717, 1.165) is 18.6 Å². The van der Waals surface area contributed by atoms with Crippen LogP contribution in [0.2, 0.25) is 0 Å². The minimum Gasteiger partial charge on any atom is -0.457 e. The molecule has 0 spiro atoms. The number of likely N-dealkylation sites (tertiary alicyclic amines) is 1. The fourth-order valence-electron chi connectivity index (χ4n) is 5.58. The van der Waals surface area contributed by atoms with Gasteiger partial charge in [0, 0.05) is 32.5 Å². The fourth-order valence-corrected chi connectivity index (χ4v) is 5.58. The highest BCUT2D eigenvalue weighted by Gasteiger charge is 2.26. The van der Waals surface area contributed by atoms with Gasteiger partial charge >= 0.3 is 12.2 Å². The predicted octanol–water partition coefficient (Wildman–Crippen LogP) is 10.4. The summed E-state index contributed by atoms with van der Waals surface area (Å²) in [6, 6.07) is 16.5. The quantitative estimate of drug-likeness (QED) is 0.143. The molecule has 44 heavy (non-hydrogen) atoms. The minimum atomic E-state index is -0.395. The van der Waals surface area contributed by atoms with Crippen molar-refractivity contribution in [3.8, 4) is 17.2 Å². The molecule has 0 aromatic heterocycles. The van der Waals surface area contributed by atoms with Crippen LogP contribution in [0.25, 0.3) is 0 Å². The zero-order valence-corrected chi connectivity index (χ0v) is 27.1. The van der Waals surface area contributed by atoms with Crippen molar-refractivity contribution in [2.24, 2.45) is 0 Å². The summed E-state index contributed by atoms with van der Waals surface area (Å²) in [6.45, 7) is 3.91. The van der Waals surface area contributed by atoms with Crippen molar-refractivity contribution in [1.82, 2.24) is 10.2 Å². The molecule has 1 saturated heterocycles. The third kappa shape index (κ3) is 15.5. The van der Waals surface area contributed by atoms with Crippen LogP contribution in [0.1, 0.15) is 122 Å². The highest BCUT2D eigenvalue weighted by molar-refractivity contribution is 5.71. The molecule has 2 aromatic carbocycles. The number of carbonyl (C=O) groups is 2. The Labute approximate surface area is 266 Å². The smallest absolute Gasteiger partial charge is 0.415 e. The summed E-state index contributed by atoms with van der Waals surface area (Å²) in [6.07, 6.45) is 21.6. The number of hydrogen-bond donors (Lipinski definition) is 1. The van der Waals surface area contributed by atoms with E-state index in [4.69, 9.17) is 14.2 Å². The van der Waals surface area contributed by atoms with Gasteiger partial charge in [-0.1, -0.05) is 121 Å². The molecule has 3 rings (SSSR count). The Kier molecular flexibility index (Phi) is 17.9. The molecule has 1 N–H and O–H groups in total. The highest BCUT2D eigenvalue weighted by Crippen LogP contribution is 2.24. The summed E-state index contributed by atoms with van der Waals surface area (Å²) >= 11 is 0. The first-order valence-corrected chi connectivity index (χ1v) is 17.4. The molecule has 0 aliphatic carbocycles. The van der Waals surface area contributed by atoms with E-state index in [-0.39, 0.29) is 12.2 Å². The van der Waals surface area contributed by atoms with Crippen LogP contribution in [0.3, 0.4) is 0 Å². The maximum absolute atomic E-state index is 12.6. The zero-order chi connectivity index (χ0) is 31.1. The minimum absolute atomic E-state index is 0.181. The van der Waals surface area contributed by atoms with Gasteiger partial charge in [-0.2, -0.15) is 0 Å². The van der Waals surface area contributed by atoms with Gasteiger partial charge in [-0.15, -0.1) is 0 Å².